The topological polar surface area (TPSA) is 83.8 Å². The fourth-order valence-corrected chi connectivity index (χ4v) is 1.83. The van der Waals surface area contributed by atoms with Crippen LogP contribution in [0.5, 0.6) is 0 Å². The third-order valence-electron chi connectivity index (χ3n) is 2.91. The summed E-state index contributed by atoms with van der Waals surface area (Å²) in [5, 5.41) is 17.4. The van der Waals surface area contributed by atoms with Crippen LogP contribution in [0.15, 0.2) is 48.5 Å². The number of benzene rings is 2. The Labute approximate surface area is 121 Å². The highest BCUT2D eigenvalue weighted by atomic mass is 16.5. The van der Waals surface area contributed by atoms with Gasteiger partial charge < -0.3 is 14.9 Å². The lowest BCUT2D eigenvalue weighted by Gasteiger charge is -2.05. The number of hydrogen-bond acceptors (Lipinski definition) is 4. The summed E-state index contributed by atoms with van der Waals surface area (Å²) in [5.41, 5.74) is 2.35. The SMILES string of the molecule is O=C(O)c1ccc(-c2ccc(C(=O)OCCO)cc2)cc1. The van der Waals surface area contributed by atoms with Crippen LogP contribution in [-0.4, -0.2) is 35.4 Å². The van der Waals surface area contributed by atoms with Crippen molar-refractivity contribution in [1.29, 1.82) is 0 Å². The van der Waals surface area contributed by atoms with Crippen LogP contribution in [0.1, 0.15) is 20.7 Å². The van der Waals surface area contributed by atoms with Crippen LogP contribution in [0, 0.1) is 0 Å². The molecule has 2 aromatic carbocycles. The predicted octanol–water partition coefficient (Wildman–Crippen LogP) is 2.20. The van der Waals surface area contributed by atoms with Crippen LogP contribution >= 0.6 is 0 Å². The van der Waals surface area contributed by atoms with Gasteiger partial charge in [-0.15, -0.1) is 0 Å². The summed E-state index contributed by atoms with van der Waals surface area (Å²) in [7, 11) is 0. The summed E-state index contributed by atoms with van der Waals surface area (Å²) in [4.78, 5) is 22.4. The van der Waals surface area contributed by atoms with Crippen LogP contribution in [-0.2, 0) is 4.74 Å². The molecule has 5 nitrogen and oxygen atoms in total. The maximum Gasteiger partial charge on any atom is 0.338 e. The van der Waals surface area contributed by atoms with E-state index >= 15 is 0 Å². The summed E-state index contributed by atoms with van der Waals surface area (Å²) in [6.45, 7) is -0.239. The van der Waals surface area contributed by atoms with Gasteiger partial charge in [-0.25, -0.2) is 9.59 Å². The summed E-state index contributed by atoms with van der Waals surface area (Å²) < 4.78 is 4.81. The van der Waals surface area contributed by atoms with E-state index in [0.717, 1.165) is 11.1 Å². The predicted molar refractivity (Wildman–Crippen MR) is 76.2 cm³/mol. The monoisotopic (exact) mass is 286 g/mol. The Morgan fingerprint density at radius 3 is 1.76 bits per heavy atom. The molecule has 108 valence electrons. The van der Waals surface area contributed by atoms with Gasteiger partial charge in [-0.3, -0.25) is 0 Å². The van der Waals surface area contributed by atoms with Gasteiger partial charge in [-0.05, 0) is 35.4 Å². The Kier molecular flexibility index (Phi) is 4.68. The number of aliphatic hydroxyl groups excluding tert-OH is 1. The van der Waals surface area contributed by atoms with Crippen molar-refractivity contribution >= 4 is 11.9 Å². The van der Waals surface area contributed by atoms with E-state index in [2.05, 4.69) is 0 Å². The number of aromatic carboxylic acids is 1. The highest BCUT2D eigenvalue weighted by Gasteiger charge is 2.07. The molecule has 0 radical (unpaired) electrons. The second kappa shape index (κ2) is 6.67. The van der Waals surface area contributed by atoms with Gasteiger partial charge in [-0.1, -0.05) is 24.3 Å². The van der Waals surface area contributed by atoms with Crippen LogP contribution < -0.4 is 0 Å². The first-order valence-electron chi connectivity index (χ1n) is 6.33. The van der Waals surface area contributed by atoms with Crippen LogP contribution in [0.2, 0.25) is 0 Å². The van der Waals surface area contributed by atoms with E-state index in [1.165, 1.54) is 12.1 Å². The van der Waals surface area contributed by atoms with E-state index in [1.807, 2.05) is 0 Å². The summed E-state index contributed by atoms with van der Waals surface area (Å²) in [6, 6.07) is 13.2. The number of carbonyl (C=O) groups excluding carboxylic acids is 1. The first kappa shape index (κ1) is 14.7. The van der Waals surface area contributed by atoms with Crippen molar-refractivity contribution in [2.24, 2.45) is 0 Å². The van der Waals surface area contributed by atoms with Crippen LogP contribution in [0.25, 0.3) is 11.1 Å². The van der Waals surface area contributed by atoms with Gasteiger partial charge >= 0.3 is 11.9 Å². The molecule has 2 N–H and O–H groups in total. The van der Waals surface area contributed by atoms with Gasteiger partial charge in [0, 0.05) is 0 Å². The van der Waals surface area contributed by atoms with Gasteiger partial charge in [0.15, 0.2) is 0 Å². The zero-order valence-electron chi connectivity index (χ0n) is 11.2. The molecule has 0 aromatic heterocycles. The normalized spacial score (nSPS) is 10.1. The number of esters is 1. The number of rotatable bonds is 5. The third kappa shape index (κ3) is 3.67. The largest absolute Gasteiger partial charge is 0.478 e. The van der Waals surface area contributed by atoms with Gasteiger partial charge in [-0.2, -0.15) is 0 Å². The van der Waals surface area contributed by atoms with E-state index in [4.69, 9.17) is 14.9 Å². The molecule has 0 aliphatic heterocycles. The maximum atomic E-state index is 11.6. The molecular formula is C16H14O5. The number of carboxylic acids is 1. The molecule has 0 unspecified atom stereocenters. The van der Waals surface area contributed by atoms with Crippen molar-refractivity contribution < 1.29 is 24.5 Å². The first-order valence-corrected chi connectivity index (χ1v) is 6.33. The Balaban J connectivity index is 2.14. The van der Waals surface area contributed by atoms with E-state index in [1.54, 1.807) is 36.4 Å². The summed E-state index contributed by atoms with van der Waals surface area (Å²) >= 11 is 0. The average molecular weight is 286 g/mol. The summed E-state index contributed by atoms with van der Waals surface area (Å²) in [6.07, 6.45) is 0. The van der Waals surface area contributed by atoms with Crippen molar-refractivity contribution in [3.05, 3.63) is 59.7 Å². The molecular weight excluding hydrogens is 272 g/mol. The molecule has 0 spiro atoms. The van der Waals surface area contributed by atoms with Crippen LogP contribution in [0.3, 0.4) is 0 Å². The lowest BCUT2D eigenvalue weighted by atomic mass is 10.0. The molecule has 0 saturated carbocycles. The van der Waals surface area contributed by atoms with E-state index in [9.17, 15) is 9.59 Å². The second-order valence-corrected chi connectivity index (χ2v) is 4.32. The minimum absolute atomic E-state index is 0.0305. The molecule has 0 atom stereocenters. The first-order chi connectivity index (χ1) is 10.1. The van der Waals surface area contributed by atoms with Crippen molar-refractivity contribution in [2.45, 2.75) is 0 Å². The van der Waals surface area contributed by atoms with Crippen molar-refractivity contribution in [3.8, 4) is 11.1 Å². The van der Waals surface area contributed by atoms with Gasteiger partial charge in [0.2, 0.25) is 0 Å². The Morgan fingerprint density at radius 2 is 1.33 bits per heavy atom. The lowest BCUT2D eigenvalue weighted by Crippen LogP contribution is -2.08. The minimum Gasteiger partial charge on any atom is -0.478 e. The Hall–Kier alpha value is -2.66. The van der Waals surface area contributed by atoms with Crippen LogP contribution in [0.4, 0.5) is 0 Å². The number of hydrogen-bond donors (Lipinski definition) is 2. The van der Waals surface area contributed by atoms with E-state index < -0.39 is 11.9 Å². The van der Waals surface area contributed by atoms with Gasteiger partial charge in [0.25, 0.3) is 0 Å². The highest BCUT2D eigenvalue weighted by Crippen LogP contribution is 2.20. The molecule has 2 rings (SSSR count). The lowest BCUT2D eigenvalue weighted by molar-refractivity contribution is 0.0433. The molecule has 0 saturated heterocycles. The van der Waals surface area contributed by atoms with Crippen molar-refractivity contribution in [1.82, 2.24) is 0 Å². The fourth-order valence-electron chi connectivity index (χ4n) is 1.83. The zero-order valence-corrected chi connectivity index (χ0v) is 11.2. The minimum atomic E-state index is -0.969. The number of ether oxygens (including phenoxy) is 1. The smallest absolute Gasteiger partial charge is 0.338 e. The number of carboxylic acid groups (broad SMARTS) is 1. The summed E-state index contributed by atoms with van der Waals surface area (Å²) in [5.74, 6) is -1.46. The molecule has 21 heavy (non-hydrogen) atoms. The molecule has 0 fully saturated rings. The highest BCUT2D eigenvalue weighted by molar-refractivity contribution is 5.90. The molecule has 0 heterocycles. The molecule has 0 aliphatic carbocycles. The van der Waals surface area contributed by atoms with Crippen molar-refractivity contribution in [2.75, 3.05) is 13.2 Å². The van der Waals surface area contributed by atoms with E-state index in [0.29, 0.717) is 5.56 Å². The Morgan fingerprint density at radius 1 is 0.857 bits per heavy atom. The van der Waals surface area contributed by atoms with Gasteiger partial charge in [0.05, 0.1) is 17.7 Å². The molecule has 0 amide bonds. The zero-order chi connectivity index (χ0) is 15.2. The molecule has 2 aromatic rings. The molecule has 0 bridgehead atoms. The second-order valence-electron chi connectivity index (χ2n) is 4.32. The number of carbonyl (C=O) groups is 2. The number of aliphatic hydroxyl groups is 1. The average Bonchev–Trinajstić information content (AvgIpc) is 2.53. The standard InChI is InChI=1S/C16H14O5/c17-9-10-21-16(20)14-7-3-12(4-8-14)11-1-5-13(6-2-11)15(18)19/h1-8,17H,9-10H2,(H,18,19). The fraction of sp³-hybridized carbons (Fsp3) is 0.125. The Bertz CT molecular complexity index is 629. The quantitative estimate of drug-likeness (QED) is 0.823. The van der Waals surface area contributed by atoms with Crippen molar-refractivity contribution in [3.63, 3.8) is 0 Å². The molecule has 0 aliphatic rings. The van der Waals surface area contributed by atoms with Gasteiger partial charge in [0.1, 0.15) is 6.61 Å². The van der Waals surface area contributed by atoms with E-state index in [-0.39, 0.29) is 18.8 Å². The maximum absolute atomic E-state index is 11.6. The third-order valence-corrected chi connectivity index (χ3v) is 2.91. The molecule has 5 heteroatoms.